The van der Waals surface area contributed by atoms with Crippen LogP contribution in [-0.2, 0) is 16.0 Å². The molecule has 42 heavy (non-hydrogen) atoms. The molecule has 0 aliphatic heterocycles. The lowest BCUT2D eigenvalue weighted by molar-refractivity contribution is -0.140. The molecular formula is C31H34O11. The van der Waals surface area contributed by atoms with Crippen LogP contribution in [0.25, 0.3) is 6.08 Å². The minimum Gasteiger partial charge on any atom is -0.504 e. The van der Waals surface area contributed by atoms with E-state index >= 15 is 0 Å². The molecule has 1 aliphatic rings. The van der Waals surface area contributed by atoms with Gasteiger partial charge >= 0.3 is 5.97 Å². The summed E-state index contributed by atoms with van der Waals surface area (Å²) in [5.41, 5.74) is 2.43. The average molecular weight is 583 g/mol. The van der Waals surface area contributed by atoms with Gasteiger partial charge in [0.2, 0.25) is 11.5 Å². The summed E-state index contributed by atoms with van der Waals surface area (Å²) in [7, 11) is 5.65. The molecular weight excluding hydrogens is 548 g/mol. The third-order valence-electron chi connectivity index (χ3n) is 7.52. The van der Waals surface area contributed by atoms with Crippen LogP contribution in [0.5, 0.6) is 46.0 Å². The van der Waals surface area contributed by atoms with E-state index in [1.165, 1.54) is 58.8 Å². The molecule has 0 radical (unpaired) electrons. The molecule has 4 rings (SSSR count). The largest absolute Gasteiger partial charge is 0.504 e. The van der Waals surface area contributed by atoms with Crippen LogP contribution < -0.4 is 18.9 Å². The van der Waals surface area contributed by atoms with Gasteiger partial charge in [0.1, 0.15) is 0 Å². The maximum atomic E-state index is 12.8. The fourth-order valence-electron chi connectivity index (χ4n) is 5.46. The number of rotatable bonds is 10. The van der Waals surface area contributed by atoms with Crippen LogP contribution in [0, 0.1) is 11.8 Å². The summed E-state index contributed by atoms with van der Waals surface area (Å²) in [6, 6.07) is 9.06. The summed E-state index contributed by atoms with van der Waals surface area (Å²) in [4.78, 5) is 12.8. The molecule has 0 fully saturated rings. The first kappa shape index (κ1) is 30.2. The zero-order valence-corrected chi connectivity index (χ0v) is 23.7. The van der Waals surface area contributed by atoms with Gasteiger partial charge in [0, 0.05) is 30.1 Å². The number of aromatic hydroxyl groups is 4. The lowest BCUT2D eigenvalue weighted by Gasteiger charge is -2.40. The number of esters is 1. The first-order chi connectivity index (χ1) is 20.2. The highest BCUT2D eigenvalue weighted by Gasteiger charge is 2.42. The highest BCUT2D eigenvalue weighted by atomic mass is 16.5. The van der Waals surface area contributed by atoms with Crippen LogP contribution in [0.3, 0.4) is 0 Å². The number of hydrogen-bond donors (Lipinski definition) is 5. The molecule has 5 N–H and O–H groups in total. The fraction of sp³-hybridized carbons (Fsp3) is 0.323. The number of aliphatic hydroxyl groups is 1. The first-order valence-corrected chi connectivity index (χ1v) is 13.1. The second kappa shape index (κ2) is 12.8. The second-order valence-corrected chi connectivity index (χ2v) is 9.81. The summed E-state index contributed by atoms with van der Waals surface area (Å²) in [5, 5.41) is 51.2. The van der Waals surface area contributed by atoms with Crippen molar-refractivity contribution >= 4 is 12.0 Å². The van der Waals surface area contributed by atoms with Crippen molar-refractivity contribution in [2.75, 3.05) is 41.7 Å². The molecule has 0 spiro atoms. The van der Waals surface area contributed by atoms with Gasteiger partial charge < -0.3 is 49.2 Å². The summed E-state index contributed by atoms with van der Waals surface area (Å²) in [6.07, 6.45) is 2.99. The first-order valence-electron chi connectivity index (χ1n) is 13.1. The summed E-state index contributed by atoms with van der Waals surface area (Å²) < 4.78 is 27.5. The molecule has 0 amide bonds. The van der Waals surface area contributed by atoms with E-state index in [0.717, 1.165) is 5.56 Å². The highest BCUT2D eigenvalue weighted by molar-refractivity contribution is 5.87. The van der Waals surface area contributed by atoms with E-state index < -0.39 is 23.7 Å². The molecule has 3 aromatic rings. The number of benzene rings is 3. The van der Waals surface area contributed by atoms with E-state index in [2.05, 4.69) is 0 Å². The molecule has 11 heteroatoms. The Bertz CT molecular complexity index is 1460. The minimum absolute atomic E-state index is 0.124. The van der Waals surface area contributed by atoms with Gasteiger partial charge in [-0.15, -0.1) is 0 Å². The van der Waals surface area contributed by atoms with Gasteiger partial charge in [-0.05, 0) is 65.4 Å². The van der Waals surface area contributed by atoms with Crippen molar-refractivity contribution in [3.63, 3.8) is 0 Å². The topological polar surface area (TPSA) is 164 Å². The molecule has 3 atom stereocenters. The zero-order valence-electron chi connectivity index (χ0n) is 23.7. The van der Waals surface area contributed by atoms with E-state index in [1.54, 1.807) is 18.2 Å². The van der Waals surface area contributed by atoms with Crippen LogP contribution in [0.4, 0.5) is 0 Å². The van der Waals surface area contributed by atoms with Gasteiger partial charge in [0.15, 0.2) is 34.5 Å². The van der Waals surface area contributed by atoms with Crippen molar-refractivity contribution in [2.24, 2.45) is 11.8 Å². The van der Waals surface area contributed by atoms with E-state index in [-0.39, 0.29) is 59.2 Å². The Kier molecular flexibility index (Phi) is 9.21. The summed E-state index contributed by atoms with van der Waals surface area (Å²) in [6.45, 7) is -0.362. The molecule has 0 saturated carbocycles. The lowest BCUT2D eigenvalue weighted by atomic mass is 9.66. The number of carbonyl (C=O) groups excluding carboxylic acids is 1. The molecule has 0 bridgehead atoms. The molecule has 11 nitrogen and oxygen atoms in total. The maximum absolute atomic E-state index is 12.8. The third-order valence-corrected chi connectivity index (χ3v) is 7.52. The molecule has 0 saturated heterocycles. The standard InChI is InChI=1S/C31H34O11/c1-38-23-12-18(13-24(39-2)29(23)36)27-20(15-42-26(35)8-6-16-5-7-21(33)22(34)9-16)19(14-32)10-17-11-25(40-3)30(37)31(41-4)28(17)27/h5-9,11-13,19-20,27,32-34,36-37H,10,14-15H2,1-4H3. The van der Waals surface area contributed by atoms with E-state index in [0.29, 0.717) is 23.1 Å². The van der Waals surface area contributed by atoms with Crippen LogP contribution in [0.1, 0.15) is 28.2 Å². The van der Waals surface area contributed by atoms with Crippen molar-refractivity contribution in [2.45, 2.75) is 12.3 Å². The van der Waals surface area contributed by atoms with Crippen LogP contribution >= 0.6 is 0 Å². The van der Waals surface area contributed by atoms with Crippen LogP contribution in [0.2, 0.25) is 0 Å². The third kappa shape index (κ3) is 5.82. The monoisotopic (exact) mass is 582 g/mol. The number of fused-ring (bicyclic) bond motifs is 1. The zero-order chi connectivity index (χ0) is 30.6. The fourth-order valence-corrected chi connectivity index (χ4v) is 5.46. The van der Waals surface area contributed by atoms with Crippen molar-refractivity contribution < 1.29 is 54.0 Å². The predicted molar refractivity (Wildman–Crippen MR) is 152 cm³/mol. The summed E-state index contributed by atoms with van der Waals surface area (Å²) >= 11 is 0. The van der Waals surface area contributed by atoms with Crippen LogP contribution in [-0.4, -0.2) is 73.2 Å². The Balaban J connectivity index is 1.79. The van der Waals surface area contributed by atoms with Gasteiger partial charge in [0.25, 0.3) is 0 Å². The number of methoxy groups -OCH3 is 4. The van der Waals surface area contributed by atoms with E-state index in [4.69, 9.17) is 23.7 Å². The highest BCUT2D eigenvalue weighted by Crippen LogP contribution is 2.54. The number of aliphatic hydroxyl groups excluding tert-OH is 1. The Morgan fingerprint density at radius 2 is 1.50 bits per heavy atom. The lowest BCUT2D eigenvalue weighted by Crippen LogP contribution is -2.36. The van der Waals surface area contributed by atoms with Crippen molar-refractivity contribution in [3.05, 3.63) is 64.7 Å². The van der Waals surface area contributed by atoms with E-state index in [1.807, 2.05) is 0 Å². The van der Waals surface area contributed by atoms with Gasteiger partial charge in [-0.25, -0.2) is 4.79 Å². The smallest absolute Gasteiger partial charge is 0.330 e. The number of ether oxygens (including phenoxy) is 5. The maximum Gasteiger partial charge on any atom is 0.330 e. The van der Waals surface area contributed by atoms with Crippen molar-refractivity contribution in [1.29, 1.82) is 0 Å². The minimum atomic E-state index is -0.672. The van der Waals surface area contributed by atoms with Crippen molar-refractivity contribution in [1.82, 2.24) is 0 Å². The van der Waals surface area contributed by atoms with Gasteiger partial charge in [0.05, 0.1) is 35.0 Å². The number of hydrogen-bond acceptors (Lipinski definition) is 11. The van der Waals surface area contributed by atoms with Gasteiger partial charge in [-0.3, -0.25) is 0 Å². The second-order valence-electron chi connectivity index (χ2n) is 9.81. The Labute approximate surface area is 242 Å². The molecule has 0 aromatic heterocycles. The number of phenols is 4. The predicted octanol–water partition coefficient (Wildman–Crippen LogP) is 3.71. The van der Waals surface area contributed by atoms with Crippen molar-refractivity contribution in [3.8, 4) is 46.0 Å². The normalized spacial score (nSPS) is 17.9. The Hall–Kier alpha value is -4.77. The average Bonchev–Trinajstić information content (AvgIpc) is 2.99. The number of phenolic OH excluding ortho intramolecular Hbond substituents is 4. The number of carbonyl (C=O) groups is 1. The SMILES string of the molecule is COc1cc(C2c3c(cc(OC)c(O)c3OC)CC(CO)C2COC(=O)C=Cc2ccc(O)c(O)c2)cc(OC)c1O. The molecule has 1 aliphatic carbocycles. The molecule has 3 aromatic carbocycles. The molecule has 0 heterocycles. The van der Waals surface area contributed by atoms with Gasteiger partial charge in [-0.2, -0.15) is 0 Å². The Morgan fingerprint density at radius 3 is 2.07 bits per heavy atom. The van der Waals surface area contributed by atoms with Crippen LogP contribution in [0.15, 0.2) is 42.5 Å². The molecule has 224 valence electrons. The quantitative estimate of drug-likeness (QED) is 0.134. The van der Waals surface area contributed by atoms with E-state index in [9.17, 15) is 30.3 Å². The Morgan fingerprint density at radius 1 is 0.857 bits per heavy atom. The summed E-state index contributed by atoms with van der Waals surface area (Å²) in [5.74, 6) is -2.55. The van der Waals surface area contributed by atoms with Gasteiger partial charge in [-0.1, -0.05) is 6.07 Å². The molecule has 3 unspecified atom stereocenters.